The number of rotatable bonds is 6. The Balaban J connectivity index is 1.98. The summed E-state index contributed by atoms with van der Waals surface area (Å²) in [5.41, 5.74) is 0.652. The predicted octanol–water partition coefficient (Wildman–Crippen LogP) is 4.01. The van der Waals surface area contributed by atoms with E-state index in [2.05, 4.69) is 5.32 Å². The molecule has 1 aromatic rings. The van der Waals surface area contributed by atoms with Gasteiger partial charge in [0.15, 0.2) is 0 Å². The molecule has 0 aliphatic carbocycles. The maximum absolute atomic E-state index is 13.2. The van der Waals surface area contributed by atoms with Gasteiger partial charge in [-0.15, -0.1) is 11.8 Å². The minimum atomic E-state index is -0.283. The molecule has 0 unspecified atom stereocenters. The van der Waals surface area contributed by atoms with Crippen molar-refractivity contribution in [2.75, 3.05) is 20.1 Å². The largest absolute Gasteiger partial charge is 0.333 e. The van der Waals surface area contributed by atoms with Crippen LogP contribution in [0.15, 0.2) is 24.3 Å². The van der Waals surface area contributed by atoms with Crippen molar-refractivity contribution in [3.8, 4) is 0 Å². The molecule has 27 heavy (non-hydrogen) atoms. The fourth-order valence-electron chi connectivity index (χ4n) is 2.97. The maximum Gasteiger partial charge on any atom is 0.317 e. The van der Waals surface area contributed by atoms with Crippen LogP contribution in [0, 0.1) is 5.82 Å². The van der Waals surface area contributed by atoms with E-state index in [-0.39, 0.29) is 33.9 Å². The van der Waals surface area contributed by atoms with E-state index in [1.165, 1.54) is 12.1 Å². The van der Waals surface area contributed by atoms with Crippen molar-refractivity contribution in [3.63, 3.8) is 0 Å². The van der Waals surface area contributed by atoms with Crippen LogP contribution in [0.5, 0.6) is 0 Å². The molecule has 2 atom stereocenters. The molecule has 0 saturated carbocycles. The Kier molecular flexibility index (Phi) is 7.14. The van der Waals surface area contributed by atoms with E-state index in [4.69, 9.17) is 0 Å². The van der Waals surface area contributed by atoms with Crippen LogP contribution in [-0.4, -0.2) is 52.7 Å². The highest BCUT2D eigenvalue weighted by Gasteiger charge is 2.39. The van der Waals surface area contributed by atoms with Crippen LogP contribution in [-0.2, 0) is 4.79 Å². The summed E-state index contributed by atoms with van der Waals surface area (Å²) in [6.07, 6.45) is 1.46. The molecule has 3 amide bonds. The molecular weight excluding hydrogens is 365 g/mol. The number of nitrogens with zero attached hydrogens (tertiary/aromatic N) is 2. The zero-order valence-corrected chi connectivity index (χ0v) is 17.6. The molecule has 1 N–H and O–H groups in total. The summed E-state index contributed by atoms with van der Waals surface area (Å²) in [6.45, 7) is 8.96. The maximum atomic E-state index is 13.2. The zero-order chi connectivity index (χ0) is 20.2. The second-order valence-electron chi connectivity index (χ2n) is 7.92. The molecule has 0 radical (unpaired) electrons. The van der Waals surface area contributed by atoms with Gasteiger partial charge < -0.3 is 15.1 Å². The Labute approximate surface area is 165 Å². The number of carbonyl (C=O) groups is 2. The SMILES string of the molecule is CC[C@H]1S[C@H](c2ccc(F)cc2)N(CCCN(C)C(=O)NC(C)(C)C)C1=O. The number of nitrogens with one attached hydrogen (secondary N) is 1. The Hall–Kier alpha value is -1.76. The van der Waals surface area contributed by atoms with Crippen molar-refractivity contribution in [2.45, 2.75) is 56.7 Å². The summed E-state index contributed by atoms with van der Waals surface area (Å²) in [4.78, 5) is 28.4. The molecule has 150 valence electrons. The van der Waals surface area contributed by atoms with E-state index >= 15 is 0 Å². The third kappa shape index (κ3) is 5.86. The first kappa shape index (κ1) is 21.5. The Morgan fingerprint density at radius 2 is 1.93 bits per heavy atom. The standard InChI is InChI=1S/C20H30FN3O2S/c1-6-16-17(25)24(18(27-16)14-8-10-15(21)11-9-14)13-7-12-23(5)19(26)22-20(2,3)4/h8-11,16,18H,6-7,12-13H2,1-5H3,(H,22,26)/t16-,18-/m1/s1. The van der Waals surface area contributed by atoms with Gasteiger partial charge in [-0.1, -0.05) is 19.1 Å². The minimum Gasteiger partial charge on any atom is -0.333 e. The number of urea groups is 1. The van der Waals surface area contributed by atoms with Gasteiger partial charge in [-0.05, 0) is 51.3 Å². The van der Waals surface area contributed by atoms with Crippen molar-refractivity contribution >= 4 is 23.7 Å². The van der Waals surface area contributed by atoms with Crippen LogP contribution in [0.4, 0.5) is 9.18 Å². The molecule has 5 nitrogen and oxygen atoms in total. The lowest BCUT2D eigenvalue weighted by molar-refractivity contribution is -0.130. The van der Waals surface area contributed by atoms with Gasteiger partial charge in [0.2, 0.25) is 5.91 Å². The van der Waals surface area contributed by atoms with Gasteiger partial charge in [0, 0.05) is 25.7 Å². The number of carbonyl (C=O) groups excluding carboxylic acids is 2. The van der Waals surface area contributed by atoms with Gasteiger partial charge in [0.25, 0.3) is 0 Å². The number of halogens is 1. The molecule has 0 aromatic heterocycles. The normalized spacial score (nSPS) is 20.1. The van der Waals surface area contributed by atoms with Gasteiger partial charge in [-0.2, -0.15) is 0 Å². The van der Waals surface area contributed by atoms with E-state index in [1.54, 1.807) is 35.8 Å². The monoisotopic (exact) mass is 395 g/mol. The van der Waals surface area contributed by atoms with Crippen molar-refractivity contribution in [1.29, 1.82) is 0 Å². The van der Waals surface area contributed by atoms with Gasteiger partial charge in [-0.25, -0.2) is 9.18 Å². The molecular formula is C20H30FN3O2S. The van der Waals surface area contributed by atoms with Crippen LogP contribution in [0.2, 0.25) is 0 Å². The summed E-state index contributed by atoms with van der Waals surface area (Å²) in [6, 6.07) is 6.24. The molecule has 0 bridgehead atoms. The summed E-state index contributed by atoms with van der Waals surface area (Å²) in [7, 11) is 1.76. The van der Waals surface area contributed by atoms with Crippen LogP contribution >= 0.6 is 11.8 Å². The quantitative estimate of drug-likeness (QED) is 0.792. The van der Waals surface area contributed by atoms with Crippen LogP contribution in [0.25, 0.3) is 0 Å². The third-order valence-corrected chi connectivity index (χ3v) is 6.03. The highest BCUT2D eigenvalue weighted by molar-refractivity contribution is 8.01. The van der Waals surface area contributed by atoms with E-state index < -0.39 is 0 Å². The van der Waals surface area contributed by atoms with Crippen LogP contribution in [0.3, 0.4) is 0 Å². The smallest absolute Gasteiger partial charge is 0.317 e. The number of benzene rings is 1. The highest BCUT2D eigenvalue weighted by atomic mass is 32.2. The molecule has 1 saturated heterocycles. The van der Waals surface area contributed by atoms with E-state index in [9.17, 15) is 14.0 Å². The van der Waals surface area contributed by atoms with Crippen molar-refractivity contribution in [2.24, 2.45) is 0 Å². The number of thioether (sulfide) groups is 1. The van der Waals surface area contributed by atoms with Gasteiger partial charge >= 0.3 is 6.03 Å². The summed E-state index contributed by atoms with van der Waals surface area (Å²) >= 11 is 1.62. The fraction of sp³-hybridized carbons (Fsp3) is 0.600. The lowest BCUT2D eigenvalue weighted by Crippen LogP contribution is -2.47. The molecule has 0 spiro atoms. The average molecular weight is 396 g/mol. The summed E-state index contributed by atoms with van der Waals surface area (Å²) < 4.78 is 13.2. The lowest BCUT2D eigenvalue weighted by atomic mass is 10.1. The van der Waals surface area contributed by atoms with Crippen molar-refractivity contribution in [1.82, 2.24) is 15.1 Å². The van der Waals surface area contributed by atoms with Crippen molar-refractivity contribution in [3.05, 3.63) is 35.6 Å². The first-order valence-corrected chi connectivity index (χ1v) is 10.3. The van der Waals surface area contributed by atoms with Gasteiger partial charge in [0.1, 0.15) is 11.2 Å². The first-order valence-electron chi connectivity index (χ1n) is 9.37. The predicted molar refractivity (Wildman–Crippen MR) is 108 cm³/mol. The number of hydrogen-bond acceptors (Lipinski definition) is 3. The first-order chi connectivity index (χ1) is 12.6. The third-order valence-electron chi connectivity index (χ3n) is 4.38. The van der Waals surface area contributed by atoms with E-state index in [1.807, 2.05) is 32.6 Å². The minimum absolute atomic E-state index is 0.0676. The average Bonchev–Trinajstić information content (AvgIpc) is 2.90. The van der Waals surface area contributed by atoms with E-state index in [0.717, 1.165) is 12.0 Å². The van der Waals surface area contributed by atoms with E-state index in [0.29, 0.717) is 19.5 Å². The summed E-state index contributed by atoms with van der Waals surface area (Å²) in [5.74, 6) is -0.156. The second-order valence-corrected chi connectivity index (χ2v) is 9.21. The van der Waals surface area contributed by atoms with Gasteiger partial charge in [0.05, 0.1) is 5.25 Å². The summed E-state index contributed by atoms with van der Waals surface area (Å²) in [5, 5.41) is 2.76. The molecule has 1 aliphatic heterocycles. The van der Waals surface area contributed by atoms with Crippen LogP contribution < -0.4 is 5.32 Å². The Bertz CT molecular complexity index is 660. The van der Waals surface area contributed by atoms with Crippen LogP contribution in [0.1, 0.15) is 51.5 Å². The Morgan fingerprint density at radius 3 is 2.48 bits per heavy atom. The lowest BCUT2D eigenvalue weighted by Gasteiger charge is -2.27. The number of amides is 3. The fourth-order valence-corrected chi connectivity index (χ4v) is 4.39. The molecule has 2 rings (SSSR count). The second kappa shape index (κ2) is 8.95. The molecule has 1 fully saturated rings. The Morgan fingerprint density at radius 1 is 1.30 bits per heavy atom. The zero-order valence-electron chi connectivity index (χ0n) is 16.8. The molecule has 1 heterocycles. The molecule has 7 heteroatoms. The molecule has 1 aromatic carbocycles. The topological polar surface area (TPSA) is 52.6 Å². The number of hydrogen-bond donors (Lipinski definition) is 1. The molecule has 1 aliphatic rings. The van der Waals surface area contributed by atoms with Gasteiger partial charge in [-0.3, -0.25) is 4.79 Å². The highest BCUT2D eigenvalue weighted by Crippen LogP contribution is 2.44. The van der Waals surface area contributed by atoms with Crippen molar-refractivity contribution < 1.29 is 14.0 Å².